The van der Waals surface area contributed by atoms with E-state index in [0.717, 1.165) is 25.9 Å². The number of likely N-dealkylation sites (N-methyl/N-ethyl adjacent to an activating group) is 1. The van der Waals surface area contributed by atoms with Gasteiger partial charge in [0.15, 0.2) is 0 Å². The van der Waals surface area contributed by atoms with Crippen LogP contribution in [0.3, 0.4) is 0 Å². The van der Waals surface area contributed by atoms with Crippen LogP contribution in [0.15, 0.2) is 29.2 Å². The highest BCUT2D eigenvalue weighted by molar-refractivity contribution is 7.89. The van der Waals surface area contributed by atoms with Crippen LogP contribution in [0.5, 0.6) is 0 Å². The van der Waals surface area contributed by atoms with E-state index in [1.54, 1.807) is 18.2 Å². The van der Waals surface area contributed by atoms with E-state index in [1.165, 1.54) is 10.4 Å². The first kappa shape index (κ1) is 23.8. The number of nitrogens with zero attached hydrogens (tertiary/aromatic N) is 2. The summed E-state index contributed by atoms with van der Waals surface area (Å²) < 4.78 is 26.6. The van der Waals surface area contributed by atoms with Gasteiger partial charge in [-0.2, -0.15) is 4.31 Å². The van der Waals surface area contributed by atoms with Crippen molar-refractivity contribution in [3.63, 3.8) is 0 Å². The fraction of sp³-hybridized carbons (Fsp3) is 0.611. The summed E-state index contributed by atoms with van der Waals surface area (Å²) in [5.41, 5.74) is 0.505. The third kappa shape index (κ3) is 6.43. The number of benzene rings is 1. The van der Waals surface area contributed by atoms with E-state index in [1.807, 2.05) is 20.9 Å². The molecule has 0 aliphatic carbocycles. The standard InChI is InChI=1S/C18H30N4O3S.ClH/c1-4-22(5-2)26(24,25)17-10-6-8-15(12-17)20-18(23)14-21-11-7-9-16(13-21)19-3;/h6,8,10,12,16,19H,4-5,7,9,11,13-14H2,1-3H3,(H,20,23);1H. The number of hydrogen-bond acceptors (Lipinski definition) is 5. The average molecular weight is 419 g/mol. The van der Waals surface area contributed by atoms with Gasteiger partial charge in [0.25, 0.3) is 0 Å². The maximum absolute atomic E-state index is 12.6. The van der Waals surface area contributed by atoms with Gasteiger partial charge in [-0.1, -0.05) is 19.9 Å². The van der Waals surface area contributed by atoms with Crippen LogP contribution in [0.25, 0.3) is 0 Å². The molecule has 1 heterocycles. The molecule has 7 nitrogen and oxygen atoms in total. The number of sulfonamides is 1. The minimum Gasteiger partial charge on any atom is -0.325 e. The van der Waals surface area contributed by atoms with E-state index in [9.17, 15) is 13.2 Å². The zero-order valence-electron chi connectivity index (χ0n) is 16.3. The van der Waals surface area contributed by atoms with Crippen LogP contribution >= 0.6 is 12.4 Å². The summed E-state index contributed by atoms with van der Waals surface area (Å²) in [6.45, 7) is 6.51. The van der Waals surface area contributed by atoms with Gasteiger partial charge >= 0.3 is 0 Å². The summed E-state index contributed by atoms with van der Waals surface area (Å²) in [4.78, 5) is 14.7. The number of nitrogens with one attached hydrogen (secondary N) is 2. The molecule has 0 saturated carbocycles. The zero-order chi connectivity index (χ0) is 19.2. The molecule has 0 aromatic heterocycles. The fourth-order valence-corrected chi connectivity index (χ4v) is 4.79. The van der Waals surface area contributed by atoms with Crippen molar-refractivity contribution in [1.29, 1.82) is 0 Å². The van der Waals surface area contributed by atoms with E-state index in [2.05, 4.69) is 15.5 Å². The van der Waals surface area contributed by atoms with E-state index in [0.29, 0.717) is 31.4 Å². The minimum absolute atomic E-state index is 0. The molecule has 1 fully saturated rings. The Bertz CT molecular complexity index is 710. The molecule has 27 heavy (non-hydrogen) atoms. The van der Waals surface area contributed by atoms with Crippen molar-refractivity contribution >= 4 is 34.0 Å². The Kier molecular flexibility index (Phi) is 9.69. The zero-order valence-corrected chi connectivity index (χ0v) is 17.9. The molecule has 1 aromatic rings. The Balaban J connectivity index is 0.00000364. The molecule has 0 bridgehead atoms. The van der Waals surface area contributed by atoms with Gasteiger partial charge in [-0.15, -0.1) is 12.4 Å². The van der Waals surface area contributed by atoms with Crippen LogP contribution in [0.4, 0.5) is 5.69 Å². The molecular formula is C18H31ClN4O3S. The van der Waals surface area contributed by atoms with Crippen LogP contribution < -0.4 is 10.6 Å². The van der Waals surface area contributed by atoms with Gasteiger partial charge in [0.1, 0.15) is 0 Å². The molecule has 1 aromatic carbocycles. The van der Waals surface area contributed by atoms with Crippen LogP contribution in [-0.4, -0.2) is 69.3 Å². The number of carbonyl (C=O) groups is 1. The van der Waals surface area contributed by atoms with E-state index >= 15 is 0 Å². The number of piperidine rings is 1. The van der Waals surface area contributed by atoms with Crippen LogP contribution in [0.1, 0.15) is 26.7 Å². The number of hydrogen-bond donors (Lipinski definition) is 2. The second kappa shape index (κ2) is 11.0. The topological polar surface area (TPSA) is 81.8 Å². The Labute approximate surface area is 168 Å². The lowest BCUT2D eigenvalue weighted by Crippen LogP contribution is -2.46. The number of amides is 1. The first-order valence-electron chi connectivity index (χ1n) is 9.20. The summed E-state index contributed by atoms with van der Waals surface area (Å²) in [6.07, 6.45) is 2.19. The van der Waals surface area contributed by atoms with Crippen molar-refractivity contribution in [3.05, 3.63) is 24.3 Å². The van der Waals surface area contributed by atoms with Gasteiger partial charge in [0.05, 0.1) is 11.4 Å². The Hall–Kier alpha value is -1.19. The predicted octanol–water partition coefficient (Wildman–Crippen LogP) is 1.76. The molecule has 1 aliphatic heterocycles. The second-order valence-electron chi connectivity index (χ2n) is 6.53. The predicted molar refractivity (Wildman–Crippen MR) is 111 cm³/mol. The monoisotopic (exact) mass is 418 g/mol. The molecule has 1 amide bonds. The van der Waals surface area contributed by atoms with E-state index in [-0.39, 0.29) is 23.2 Å². The highest BCUT2D eigenvalue weighted by Crippen LogP contribution is 2.19. The quantitative estimate of drug-likeness (QED) is 0.672. The van der Waals surface area contributed by atoms with Crippen molar-refractivity contribution in [1.82, 2.24) is 14.5 Å². The smallest absolute Gasteiger partial charge is 0.243 e. The van der Waals surface area contributed by atoms with E-state index in [4.69, 9.17) is 0 Å². The molecule has 1 unspecified atom stereocenters. The molecule has 1 saturated heterocycles. The SMILES string of the molecule is CCN(CC)S(=O)(=O)c1cccc(NC(=O)CN2CCCC(NC)C2)c1.Cl. The highest BCUT2D eigenvalue weighted by Gasteiger charge is 2.23. The number of halogens is 1. The summed E-state index contributed by atoms with van der Waals surface area (Å²) in [5.74, 6) is -0.126. The fourth-order valence-electron chi connectivity index (χ4n) is 3.29. The highest BCUT2D eigenvalue weighted by atomic mass is 35.5. The number of carbonyl (C=O) groups excluding carboxylic acids is 1. The van der Waals surface area contributed by atoms with E-state index < -0.39 is 10.0 Å². The third-order valence-electron chi connectivity index (χ3n) is 4.74. The van der Waals surface area contributed by atoms with Gasteiger partial charge in [0.2, 0.25) is 15.9 Å². The summed E-state index contributed by atoms with van der Waals surface area (Å²) >= 11 is 0. The third-order valence-corrected chi connectivity index (χ3v) is 6.79. The van der Waals surface area contributed by atoms with Gasteiger partial charge in [-0.25, -0.2) is 8.42 Å². The molecule has 1 atom stereocenters. The molecule has 2 N–H and O–H groups in total. The summed E-state index contributed by atoms with van der Waals surface area (Å²) in [6, 6.07) is 6.87. The molecule has 2 rings (SSSR count). The van der Waals surface area contributed by atoms with Crippen molar-refractivity contribution in [2.24, 2.45) is 0 Å². The lowest BCUT2D eigenvalue weighted by atomic mass is 10.1. The lowest BCUT2D eigenvalue weighted by molar-refractivity contribution is -0.117. The normalized spacial score (nSPS) is 18.1. The second-order valence-corrected chi connectivity index (χ2v) is 8.47. The van der Waals surface area contributed by atoms with Crippen LogP contribution in [0, 0.1) is 0 Å². The van der Waals surface area contributed by atoms with Crippen molar-refractivity contribution in [2.45, 2.75) is 37.6 Å². The van der Waals surface area contributed by atoms with Crippen molar-refractivity contribution < 1.29 is 13.2 Å². The van der Waals surface area contributed by atoms with Crippen molar-refractivity contribution in [2.75, 3.05) is 45.1 Å². The minimum atomic E-state index is -3.53. The Morgan fingerprint density at radius 3 is 2.63 bits per heavy atom. The van der Waals surface area contributed by atoms with Gasteiger partial charge in [-0.3, -0.25) is 9.69 Å². The number of likely N-dealkylation sites (tertiary alicyclic amines) is 1. The molecule has 1 aliphatic rings. The Morgan fingerprint density at radius 1 is 1.30 bits per heavy atom. The molecule has 0 radical (unpaired) electrons. The van der Waals surface area contributed by atoms with Crippen LogP contribution in [-0.2, 0) is 14.8 Å². The van der Waals surface area contributed by atoms with Gasteiger partial charge < -0.3 is 10.6 Å². The van der Waals surface area contributed by atoms with Crippen molar-refractivity contribution in [3.8, 4) is 0 Å². The molecule has 9 heteroatoms. The average Bonchev–Trinajstić information content (AvgIpc) is 2.62. The molecule has 0 spiro atoms. The maximum atomic E-state index is 12.6. The molecule has 154 valence electrons. The molecular weight excluding hydrogens is 388 g/mol. The number of rotatable bonds is 8. The first-order chi connectivity index (χ1) is 12.4. The van der Waals surface area contributed by atoms with Gasteiger partial charge in [0, 0.05) is 31.4 Å². The lowest BCUT2D eigenvalue weighted by Gasteiger charge is -2.31. The summed E-state index contributed by atoms with van der Waals surface area (Å²) in [5, 5.41) is 6.08. The Morgan fingerprint density at radius 2 is 2.00 bits per heavy atom. The maximum Gasteiger partial charge on any atom is 0.243 e. The first-order valence-corrected chi connectivity index (χ1v) is 10.6. The van der Waals surface area contributed by atoms with Gasteiger partial charge in [-0.05, 0) is 44.6 Å². The summed E-state index contributed by atoms with van der Waals surface area (Å²) in [7, 11) is -1.59. The largest absolute Gasteiger partial charge is 0.325 e. The number of anilines is 1. The van der Waals surface area contributed by atoms with Crippen LogP contribution in [0.2, 0.25) is 0 Å².